The van der Waals surface area contributed by atoms with E-state index in [2.05, 4.69) is 15.3 Å². The third kappa shape index (κ3) is 1.84. The predicted octanol–water partition coefficient (Wildman–Crippen LogP) is 0.835. The van der Waals surface area contributed by atoms with Crippen LogP contribution in [-0.2, 0) is 0 Å². The molecule has 1 atom stereocenters. The highest BCUT2D eigenvalue weighted by Gasteiger charge is 2.26. The molecule has 0 radical (unpaired) electrons. The first kappa shape index (κ1) is 11.1. The van der Waals surface area contributed by atoms with Crippen LogP contribution in [0.3, 0.4) is 0 Å². The van der Waals surface area contributed by atoms with E-state index in [9.17, 15) is 0 Å². The van der Waals surface area contributed by atoms with Gasteiger partial charge in [0.1, 0.15) is 5.01 Å². The zero-order chi connectivity index (χ0) is 11.8. The van der Waals surface area contributed by atoms with E-state index in [0.717, 1.165) is 15.8 Å². The summed E-state index contributed by atoms with van der Waals surface area (Å²) < 4.78 is 1.82. The van der Waals surface area contributed by atoms with Crippen LogP contribution in [0.25, 0.3) is 4.96 Å². The zero-order valence-corrected chi connectivity index (χ0v) is 10.2. The summed E-state index contributed by atoms with van der Waals surface area (Å²) in [5, 5.41) is 22.5. The maximum atomic E-state index is 8.88. The van der Waals surface area contributed by atoms with Crippen molar-refractivity contribution in [1.29, 1.82) is 0 Å². The predicted molar refractivity (Wildman–Crippen MR) is 63.9 cm³/mol. The lowest BCUT2D eigenvalue weighted by molar-refractivity contribution is 0.276. The SMILES string of the molecule is NC(CCO)c1nn2c(C3CCC3)nnc2s1. The average molecular weight is 253 g/mol. The number of fused-ring (bicyclic) bond motifs is 1. The molecular weight excluding hydrogens is 238 g/mol. The highest BCUT2D eigenvalue weighted by Crippen LogP contribution is 2.36. The van der Waals surface area contributed by atoms with Crippen LogP contribution < -0.4 is 5.73 Å². The summed E-state index contributed by atoms with van der Waals surface area (Å²) >= 11 is 1.46. The van der Waals surface area contributed by atoms with E-state index >= 15 is 0 Å². The third-order valence-corrected chi connectivity index (χ3v) is 4.29. The zero-order valence-electron chi connectivity index (χ0n) is 9.41. The molecule has 92 valence electrons. The molecular formula is C10H15N5OS. The van der Waals surface area contributed by atoms with E-state index in [0.29, 0.717) is 12.3 Å². The fourth-order valence-corrected chi connectivity index (χ4v) is 2.86. The quantitative estimate of drug-likeness (QED) is 0.842. The smallest absolute Gasteiger partial charge is 0.234 e. The van der Waals surface area contributed by atoms with E-state index in [1.165, 1.54) is 30.6 Å². The van der Waals surface area contributed by atoms with Crippen LogP contribution in [-0.4, -0.2) is 31.5 Å². The molecule has 17 heavy (non-hydrogen) atoms. The summed E-state index contributed by atoms with van der Waals surface area (Å²) in [6.07, 6.45) is 4.15. The van der Waals surface area contributed by atoms with Crippen molar-refractivity contribution < 1.29 is 5.11 Å². The van der Waals surface area contributed by atoms with Crippen molar-refractivity contribution in [2.75, 3.05) is 6.61 Å². The second-order valence-corrected chi connectivity index (χ2v) is 5.43. The minimum absolute atomic E-state index is 0.0802. The molecule has 1 aliphatic rings. The average Bonchev–Trinajstić information content (AvgIpc) is 2.78. The first-order chi connectivity index (χ1) is 8.29. The van der Waals surface area contributed by atoms with Crippen LogP contribution in [0.4, 0.5) is 0 Å². The molecule has 2 aromatic rings. The van der Waals surface area contributed by atoms with E-state index < -0.39 is 0 Å². The third-order valence-electron chi connectivity index (χ3n) is 3.26. The molecule has 1 aliphatic carbocycles. The fraction of sp³-hybridized carbons (Fsp3) is 0.700. The molecule has 0 bridgehead atoms. The summed E-state index contributed by atoms with van der Waals surface area (Å²) in [6.45, 7) is 0.0802. The van der Waals surface area contributed by atoms with Gasteiger partial charge in [-0.05, 0) is 19.3 Å². The van der Waals surface area contributed by atoms with Crippen LogP contribution in [0.15, 0.2) is 0 Å². The van der Waals surface area contributed by atoms with Gasteiger partial charge in [0.2, 0.25) is 4.96 Å². The molecule has 3 N–H and O–H groups in total. The number of aliphatic hydroxyl groups excluding tert-OH is 1. The van der Waals surface area contributed by atoms with Crippen molar-refractivity contribution >= 4 is 16.3 Å². The van der Waals surface area contributed by atoms with Crippen molar-refractivity contribution in [2.45, 2.75) is 37.6 Å². The molecule has 7 heteroatoms. The van der Waals surface area contributed by atoms with Crippen molar-refractivity contribution in [3.05, 3.63) is 10.8 Å². The Kier molecular flexibility index (Phi) is 2.81. The Balaban J connectivity index is 1.93. The van der Waals surface area contributed by atoms with E-state index in [4.69, 9.17) is 10.8 Å². The Morgan fingerprint density at radius 1 is 1.47 bits per heavy atom. The molecule has 2 aromatic heterocycles. The standard InChI is InChI=1S/C10H15N5OS/c11-7(4-5-16)9-14-15-8(6-2-1-3-6)12-13-10(15)17-9/h6-7,16H,1-5,11H2. The first-order valence-electron chi connectivity index (χ1n) is 5.88. The molecule has 0 saturated heterocycles. The van der Waals surface area contributed by atoms with Gasteiger partial charge in [0, 0.05) is 12.5 Å². The van der Waals surface area contributed by atoms with Crippen LogP contribution in [0.1, 0.15) is 48.5 Å². The summed E-state index contributed by atoms with van der Waals surface area (Å²) in [7, 11) is 0. The first-order valence-corrected chi connectivity index (χ1v) is 6.69. The molecule has 1 fully saturated rings. The van der Waals surface area contributed by atoms with E-state index in [1.54, 1.807) is 0 Å². The molecule has 0 spiro atoms. The fourth-order valence-electron chi connectivity index (χ4n) is 1.98. The Bertz CT molecular complexity index is 518. The second kappa shape index (κ2) is 4.32. The summed E-state index contributed by atoms with van der Waals surface area (Å²) in [6, 6.07) is -0.207. The minimum Gasteiger partial charge on any atom is -0.396 e. The van der Waals surface area contributed by atoms with E-state index in [-0.39, 0.29) is 12.6 Å². The molecule has 2 heterocycles. The topological polar surface area (TPSA) is 89.3 Å². The molecule has 0 aliphatic heterocycles. The van der Waals surface area contributed by atoms with Gasteiger partial charge in [0.05, 0.1) is 6.04 Å². The highest BCUT2D eigenvalue weighted by atomic mass is 32.1. The van der Waals surface area contributed by atoms with Gasteiger partial charge in [-0.15, -0.1) is 10.2 Å². The Morgan fingerprint density at radius 2 is 2.29 bits per heavy atom. The molecule has 3 rings (SSSR count). The second-order valence-electron chi connectivity index (χ2n) is 4.44. The van der Waals surface area contributed by atoms with Crippen LogP contribution >= 0.6 is 11.3 Å². The van der Waals surface area contributed by atoms with Gasteiger partial charge in [-0.3, -0.25) is 0 Å². The van der Waals surface area contributed by atoms with Crippen LogP contribution in [0.2, 0.25) is 0 Å². The lowest BCUT2D eigenvalue weighted by Gasteiger charge is -2.22. The maximum Gasteiger partial charge on any atom is 0.234 e. The highest BCUT2D eigenvalue weighted by molar-refractivity contribution is 7.16. The van der Waals surface area contributed by atoms with Gasteiger partial charge in [-0.25, -0.2) is 0 Å². The summed E-state index contributed by atoms with van der Waals surface area (Å²) in [4.78, 5) is 0.801. The van der Waals surface area contributed by atoms with Gasteiger partial charge >= 0.3 is 0 Å². The lowest BCUT2D eigenvalue weighted by Crippen LogP contribution is -2.15. The number of nitrogens with two attached hydrogens (primary N) is 1. The number of hydrogen-bond acceptors (Lipinski definition) is 6. The summed E-state index contributed by atoms with van der Waals surface area (Å²) in [5.74, 6) is 1.47. The number of hydrogen-bond donors (Lipinski definition) is 2. The monoisotopic (exact) mass is 253 g/mol. The minimum atomic E-state index is -0.207. The van der Waals surface area contributed by atoms with Gasteiger partial charge in [-0.1, -0.05) is 17.8 Å². The lowest BCUT2D eigenvalue weighted by atomic mass is 9.85. The van der Waals surface area contributed by atoms with Crippen molar-refractivity contribution in [3.63, 3.8) is 0 Å². The van der Waals surface area contributed by atoms with Gasteiger partial charge < -0.3 is 10.8 Å². The largest absolute Gasteiger partial charge is 0.396 e. The maximum absolute atomic E-state index is 8.88. The molecule has 6 nitrogen and oxygen atoms in total. The number of rotatable bonds is 4. The van der Waals surface area contributed by atoms with Crippen molar-refractivity contribution in [2.24, 2.45) is 5.73 Å². The number of aromatic nitrogens is 4. The van der Waals surface area contributed by atoms with Crippen molar-refractivity contribution in [3.8, 4) is 0 Å². The Labute approximate surface area is 102 Å². The van der Waals surface area contributed by atoms with E-state index in [1.807, 2.05) is 4.52 Å². The molecule has 0 amide bonds. The normalized spacial score (nSPS) is 18.5. The molecule has 0 aromatic carbocycles. The number of aliphatic hydroxyl groups is 1. The van der Waals surface area contributed by atoms with Gasteiger partial charge in [0.25, 0.3) is 0 Å². The number of nitrogens with zero attached hydrogens (tertiary/aromatic N) is 4. The van der Waals surface area contributed by atoms with Gasteiger partial charge in [0.15, 0.2) is 5.82 Å². The van der Waals surface area contributed by atoms with Crippen molar-refractivity contribution in [1.82, 2.24) is 19.8 Å². The summed E-state index contributed by atoms with van der Waals surface area (Å²) in [5.41, 5.74) is 5.93. The van der Waals surface area contributed by atoms with Crippen LogP contribution in [0, 0.1) is 0 Å². The van der Waals surface area contributed by atoms with Crippen LogP contribution in [0.5, 0.6) is 0 Å². The molecule has 1 unspecified atom stereocenters. The Morgan fingerprint density at radius 3 is 2.94 bits per heavy atom. The van der Waals surface area contributed by atoms with Gasteiger partial charge in [-0.2, -0.15) is 9.61 Å². The molecule has 1 saturated carbocycles. The Hall–Kier alpha value is -1.05.